The lowest BCUT2D eigenvalue weighted by atomic mass is 9.99. The van der Waals surface area contributed by atoms with Crippen LogP contribution in [0.25, 0.3) is 0 Å². The first-order valence-corrected chi connectivity index (χ1v) is 6.85. The normalized spacial score (nSPS) is 18.5. The molecule has 0 spiro atoms. The van der Waals surface area contributed by atoms with Crippen LogP contribution in [0.15, 0.2) is 0 Å². The Hall–Kier alpha value is -0.820. The zero-order chi connectivity index (χ0) is 12.2. The van der Waals surface area contributed by atoms with Crippen molar-refractivity contribution >= 4 is 16.2 Å². The van der Waals surface area contributed by atoms with Gasteiger partial charge in [-0.2, -0.15) is 0 Å². The lowest BCUT2D eigenvalue weighted by Crippen LogP contribution is -2.40. The summed E-state index contributed by atoms with van der Waals surface area (Å²) < 4.78 is 36.5. The van der Waals surface area contributed by atoms with Crippen molar-refractivity contribution in [1.29, 1.82) is 0 Å². The average molecular weight is 250 g/mol. The molecular weight excluding hydrogens is 234 g/mol. The lowest BCUT2D eigenvalue weighted by Gasteiger charge is -2.31. The fraction of sp³-hybridized carbons (Fsp3) is 0.889. The summed E-state index contributed by atoms with van der Waals surface area (Å²) >= 11 is 0. The predicted molar refractivity (Wildman–Crippen MR) is 55.9 cm³/mol. The molecule has 0 N–H and O–H groups in total. The summed E-state index contributed by atoms with van der Waals surface area (Å²) in [6, 6.07) is 0. The fourth-order valence-corrected chi connectivity index (χ4v) is 2.70. The molecule has 1 saturated heterocycles. The number of ether oxygens (including phenoxy) is 1. The van der Waals surface area contributed by atoms with Gasteiger partial charge in [0, 0.05) is 18.8 Å². The number of piperidine rings is 1. The maximum Gasteiger partial charge on any atom is 0.409 e. The maximum absolute atomic E-state index is 11.3. The van der Waals surface area contributed by atoms with E-state index in [2.05, 4.69) is 0 Å². The number of carbonyl (C=O) groups excluding carboxylic acids is 1. The van der Waals surface area contributed by atoms with Gasteiger partial charge in [-0.05, 0) is 25.7 Å². The molecule has 16 heavy (non-hydrogen) atoms. The summed E-state index contributed by atoms with van der Waals surface area (Å²) in [6.45, 7) is 2.97. The highest BCUT2D eigenvalue weighted by Crippen LogP contribution is 2.19. The molecule has 0 saturated carbocycles. The fourth-order valence-electron chi connectivity index (χ4n) is 1.79. The Balaban J connectivity index is 2.37. The Labute approximate surface area is 95.3 Å². The van der Waals surface area contributed by atoms with Gasteiger partial charge in [0.25, 0.3) is 0 Å². The maximum atomic E-state index is 11.3. The van der Waals surface area contributed by atoms with Gasteiger partial charge in [-0.3, -0.25) is 0 Å². The zero-order valence-corrected chi connectivity index (χ0v) is 10.0. The number of amides is 1. The van der Waals surface area contributed by atoms with Gasteiger partial charge in [-0.1, -0.05) is 0 Å². The van der Waals surface area contributed by atoms with Crippen LogP contribution in [-0.4, -0.2) is 49.4 Å². The third-order valence-electron chi connectivity index (χ3n) is 2.58. The number of hydrogen-bond donors (Lipinski definition) is 0. The molecule has 0 aromatic carbocycles. The second-order valence-corrected chi connectivity index (χ2v) is 5.30. The number of rotatable bonds is 3. The van der Waals surface area contributed by atoms with E-state index in [-0.39, 0.29) is 17.8 Å². The van der Waals surface area contributed by atoms with E-state index in [0.717, 1.165) is 0 Å². The zero-order valence-electron chi connectivity index (χ0n) is 9.22. The molecule has 0 aliphatic carbocycles. The van der Waals surface area contributed by atoms with Crippen LogP contribution in [0.4, 0.5) is 4.79 Å². The van der Waals surface area contributed by atoms with Gasteiger partial charge < -0.3 is 14.2 Å². The summed E-state index contributed by atoms with van der Waals surface area (Å²) in [5.74, 6) is -0.461. The van der Waals surface area contributed by atoms with Crippen LogP contribution in [0.1, 0.15) is 19.8 Å². The molecule has 0 radical (unpaired) electrons. The summed E-state index contributed by atoms with van der Waals surface area (Å²) in [5.41, 5.74) is 0. The number of nitrogens with zero attached hydrogens (tertiary/aromatic N) is 1. The van der Waals surface area contributed by atoms with Crippen molar-refractivity contribution in [3.8, 4) is 0 Å². The van der Waals surface area contributed by atoms with E-state index in [1.807, 2.05) is 0 Å². The smallest absolute Gasteiger partial charge is 0.409 e. The predicted octanol–water partition coefficient (Wildman–Crippen LogP) is 0.400. The monoisotopic (exact) mass is 250 g/mol. The number of likely N-dealkylation sites (tertiary alicyclic amines) is 1. The highest BCUT2D eigenvalue weighted by Gasteiger charge is 2.24. The molecular formula is C9H16NO5S-. The van der Waals surface area contributed by atoms with Gasteiger partial charge in [0.2, 0.25) is 0 Å². The Morgan fingerprint density at radius 1 is 1.44 bits per heavy atom. The van der Waals surface area contributed by atoms with E-state index >= 15 is 0 Å². The number of carbonyl (C=O) groups is 1. The van der Waals surface area contributed by atoms with Gasteiger partial charge >= 0.3 is 6.09 Å². The minimum absolute atomic E-state index is 0.131. The van der Waals surface area contributed by atoms with E-state index in [4.69, 9.17) is 4.74 Å². The number of hydrogen-bond acceptors (Lipinski definition) is 5. The molecule has 1 aliphatic heterocycles. The molecule has 1 heterocycles. The van der Waals surface area contributed by atoms with Gasteiger partial charge in [-0.25, -0.2) is 13.2 Å². The SMILES string of the molecule is CCOC(=O)N1CCC(CS(=O)(=O)[O-])CC1. The molecule has 0 bridgehead atoms. The molecule has 1 aliphatic rings. The summed E-state index contributed by atoms with van der Waals surface area (Å²) in [6.07, 6.45) is 0.714. The molecule has 1 rings (SSSR count). The van der Waals surface area contributed by atoms with Crippen molar-refractivity contribution < 1.29 is 22.5 Å². The highest BCUT2D eigenvalue weighted by atomic mass is 32.2. The first kappa shape index (κ1) is 13.2. The van der Waals surface area contributed by atoms with Gasteiger partial charge in [0.1, 0.15) is 0 Å². The minimum atomic E-state index is -4.16. The van der Waals surface area contributed by atoms with Crippen molar-refractivity contribution in [1.82, 2.24) is 4.90 Å². The van der Waals surface area contributed by atoms with E-state index in [9.17, 15) is 17.8 Å². The first-order valence-electron chi connectivity index (χ1n) is 5.27. The van der Waals surface area contributed by atoms with Crippen molar-refractivity contribution in [3.05, 3.63) is 0 Å². The van der Waals surface area contributed by atoms with Crippen molar-refractivity contribution in [2.45, 2.75) is 19.8 Å². The Bertz CT molecular complexity index is 332. The van der Waals surface area contributed by atoms with Crippen molar-refractivity contribution in [2.24, 2.45) is 5.92 Å². The third-order valence-corrected chi connectivity index (χ3v) is 3.46. The molecule has 94 valence electrons. The van der Waals surface area contributed by atoms with Crippen LogP contribution in [0, 0.1) is 5.92 Å². The lowest BCUT2D eigenvalue weighted by molar-refractivity contribution is 0.0935. The van der Waals surface area contributed by atoms with Crippen LogP contribution in [-0.2, 0) is 14.9 Å². The van der Waals surface area contributed by atoms with E-state index in [0.29, 0.717) is 32.5 Å². The van der Waals surface area contributed by atoms with Gasteiger partial charge in [-0.15, -0.1) is 0 Å². The molecule has 7 heteroatoms. The van der Waals surface area contributed by atoms with Crippen molar-refractivity contribution in [2.75, 3.05) is 25.4 Å². The molecule has 1 amide bonds. The standard InChI is InChI=1S/C9H17NO5S/c1-2-15-9(11)10-5-3-8(4-6-10)7-16(12,13)14/h8H,2-7H2,1H3,(H,12,13,14)/p-1. The summed E-state index contributed by atoms with van der Waals surface area (Å²) in [4.78, 5) is 12.9. The summed E-state index contributed by atoms with van der Waals surface area (Å²) in [5, 5.41) is 0. The molecule has 1 fully saturated rings. The second kappa shape index (κ2) is 5.49. The second-order valence-electron chi connectivity index (χ2n) is 3.85. The van der Waals surface area contributed by atoms with E-state index in [1.165, 1.54) is 4.90 Å². The summed E-state index contributed by atoms with van der Waals surface area (Å²) in [7, 11) is -4.16. The topological polar surface area (TPSA) is 86.7 Å². The Kier molecular flexibility index (Phi) is 4.55. The van der Waals surface area contributed by atoms with Crippen LogP contribution in [0.2, 0.25) is 0 Å². The first-order chi connectivity index (χ1) is 7.42. The Morgan fingerprint density at radius 2 is 2.00 bits per heavy atom. The van der Waals surface area contributed by atoms with Crippen LogP contribution < -0.4 is 0 Å². The molecule has 6 nitrogen and oxygen atoms in total. The van der Waals surface area contributed by atoms with Gasteiger partial charge in [0.05, 0.1) is 16.7 Å². The van der Waals surface area contributed by atoms with Crippen molar-refractivity contribution in [3.63, 3.8) is 0 Å². The van der Waals surface area contributed by atoms with Crippen LogP contribution in [0.5, 0.6) is 0 Å². The third kappa shape index (κ3) is 4.36. The van der Waals surface area contributed by atoms with Crippen LogP contribution in [0.3, 0.4) is 0 Å². The highest BCUT2D eigenvalue weighted by molar-refractivity contribution is 7.85. The average Bonchev–Trinajstić information content (AvgIpc) is 2.16. The van der Waals surface area contributed by atoms with E-state index < -0.39 is 10.1 Å². The quantitative estimate of drug-likeness (QED) is 0.677. The molecule has 0 atom stereocenters. The minimum Gasteiger partial charge on any atom is -0.748 e. The molecule has 0 unspecified atom stereocenters. The van der Waals surface area contributed by atoms with Gasteiger partial charge in [0.15, 0.2) is 0 Å². The largest absolute Gasteiger partial charge is 0.748 e. The Morgan fingerprint density at radius 3 is 2.44 bits per heavy atom. The van der Waals surface area contributed by atoms with E-state index in [1.54, 1.807) is 6.92 Å². The molecule has 0 aromatic heterocycles. The van der Waals surface area contributed by atoms with Crippen LogP contribution >= 0.6 is 0 Å². The molecule has 0 aromatic rings.